The molecule has 0 aliphatic carbocycles. The van der Waals surface area contributed by atoms with E-state index in [4.69, 9.17) is 13.6 Å². The molecule has 0 N–H and O–H groups in total. The first-order valence-corrected chi connectivity index (χ1v) is 7.86. The Balaban J connectivity index is 1.86. The summed E-state index contributed by atoms with van der Waals surface area (Å²) in [6.07, 6.45) is 1.49. The molecule has 0 fully saturated rings. The van der Waals surface area contributed by atoms with Gasteiger partial charge in [0.1, 0.15) is 28.9 Å². The first-order chi connectivity index (χ1) is 12.5. The summed E-state index contributed by atoms with van der Waals surface area (Å²) in [6, 6.07) is 12.6. The molecule has 1 aromatic carbocycles. The van der Waals surface area contributed by atoms with E-state index in [1.807, 2.05) is 13.0 Å². The second-order valence-corrected chi connectivity index (χ2v) is 5.61. The lowest BCUT2D eigenvalue weighted by Gasteiger charge is -2.01. The lowest BCUT2D eigenvalue weighted by molar-refractivity contribution is 0.0601. The number of hydrogen-bond acceptors (Lipinski definition) is 6. The second-order valence-electron chi connectivity index (χ2n) is 5.61. The minimum absolute atomic E-state index is 0.258. The predicted molar refractivity (Wildman–Crippen MR) is 95.6 cm³/mol. The normalized spacial score (nSPS) is 10.8. The molecular weight excluding hydrogens is 332 g/mol. The number of methoxy groups -OCH3 is 1. The van der Waals surface area contributed by atoms with Gasteiger partial charge < -0.3 is 13.6 Å². The summed E-state index contributed by atoms with van der Waals surface area (Å²) in [7, 11) is 1.34. The van der Waals surface area contributed by atoms with Gasteiger partial charge in [-0.15, -0.1) is 0 Å². The van der Waals surface area contributed by atoms with Gasteiger partial charge >= 0.3 is 5.97 Å². The Morgan fingerprint density at radius 2 is 2.04 bits per heavy atom. The van der Waals surface area contributed by atoms with Crippen LogP contribution in [0.1, 0.15) is 33.0 Å². The van der Waals surface area contributed by atoms with Crippen LogP contribution in [0.3, 0.4) is 0 Å². The lowest BCUT2D eigenvalue weighted by atomic mass is 10.1. The fourth-order valence-corrected chi connectivity index (χ4v) is 2.45. The SMILES string of the molecule is COC(=O)c1cccc(-c2ccc(C=Nc3oc(C)c(C)c3C#N)o2)c1. The number of rotatable bonds is 4. The molecule has 3 aromatic rings. The van der Waals surface area contributed by atoms with Crippen LogP contribution in [0, 0.1) is 25.2 Å². The van der Waals surface area contributed by atoms with Crippen LogP contribution in [0.15, 0.2) is 50.2 Å². The van der Waals surface area contributed by atoms with Crippen LogP contribution in [0.2, 0.25) is 0 Å². The number of carbonyl (C=O) groups is 1. The van der Waals surface area contributed by atoms with E-state index in [2.05, 4.69) is 11.1 Å². The number of hydrogen-bond donors (Lipinski definition) is 0. The molecule has 6 heteroatoms. The van der Waals surface area contributed by atoms with Crippen molar-refractivity contribution in [1.82, 2.24) is 0 Å². The van der Waals surface area contributed by atoms with Gasteiger partial charge in [0.2, 0.25) is 5.88 Å². The van der Waals surface area contributed by atoms with Crippen LogP contribution in [-0.2, 0) is 4.74 Å². The van der Waals surface area contributed by atoms with Gasteiger partial charge in [-0.05, 0) is 38.1 Å². The molecule has 0 saturated heterocycles. The van der Waals surface area contributed by atoms with Crippen LogP contribution in [0.25, 0.3) is 11.3 Å². The Hall–Kier alpha value is -3.59. The highest BCUT2D eigenvalue weighted by atomic mass is 16.5. The standard InChI is InChI=1S/C20H16N2O4/c1-12-13(2)25-19(17(12)10-21)22-11-16-7-8-18(26-16)14-5-4-6-15(9-14)20(23)24-3/h4-9,11H,1-3H3. The summed E-state index contributed by atoms with van der Waals surface area (Å²) in [6.45, 7) is 3.60. The van der Waals surface area contributed by atoms with E-state index in [-0.39, 0.29) is 5.88 Å². The highest BCUT2D eigenvalue weighted by molar-refractivity contribution is 5.90. The number of furan rings is 2. The number of aryl methyl sites for hydroxylation is 1. The average Bonchev–Trinajstić information content (AvgIpc) is 3.24. The zero-order chi connectivity index (χ0) is 18.7. The monoisotopic (exact) mass is 348 g/mol. The van der Waals surface area contributed by atoms with Crippen LogP contribution in [0.4, 0.5) is 5.88 Å². The van der Waals surface area contributed by atoms with Crippen molar-refractivity contribution < 1.29 is 18.4 Å². The Kier molecular flexibility index (Phi) is 4.72. The maximum absolute atomic E-state index is 11.6. The fourth-order valence-electron chi connectivity index (χ4n) is 2.45. The molecule has 6 nitrogen and oxygen atoms in total. The molecule has 130 valence electrons. The quantitative estimate of drug-likeness (QED) is 0.509. The average molecular weight is 348 g/mol. The van der Waals surface area contributed by atoms with E-state index in [0.717, 1.165) is 11.1 Å². The first kappa shape index (κ1) is 17.2. The topological polar surface area (TPSA) is 88.7 Å². The number of nitriles is 1. The van der Waals surface area contributed by atoms with E-state index in [1.165, 1.54) is 13.3 Å². The lowest BCUT2D eigenvalue weighted by Crippen LogP contribution is -2.00. The van der Waals surface area contributed by atoms with Crippen molar-refractivity contribution in [3.63, 3.8) is 0 Å². The van der Waals surface area contributed by atoms with Gasteiger partial charge in [-0.1, -0.05) is 12.1 Å². The largest absolute Gasteiger partial charge is 0.465 e. The molecule has 0 unspecified atom stereocenters. The molecule has 2 heterocycles. The maximum atomic E-state index is 11.6. The summed E-state index contributed by atoms with van der Waals surface area (Å²) >= 11 is 0. The molecule has 0 aliphatic rings. The molecule has 0 spiro atoms. The number of benzene rings is 1. The Morgan fingerprint density at radius 1 is 1.23 bits per heavy atom. The predicted octanol–water partition coefficient (Wildman–Crippen LogP) is 4.57. The van der Waals surface area contributed by atoms with E-state index < -0.39 is 5.97 Å². The third kappa shape index (κ3) is 3.28. The van der Waals surface area contributed by atoms with Gasteiger partial charge in [-0.3, -0.25) is 0 Å². The molecule has 0 atom stereocenters. The van der Waals surface area contributed by atoms with Gasteiger partial charge in [0, 0.05) is 11.1 Å². The number of carbonyl (C=O) groups excluding carboxylic acids is 1. The number of esters is 1. The van der Waals surface area contributed by atoms with Gasteiger partial charge in [-0.25, -0.2) is 9.79 Å². The molecule has 0 saturated carbocycles. The summed E-state index contributed by atoms with van der Waals surface area (Å²) in [4.78, 5) is 15.9. The highest BCUT2D eigenvalue weighted by Gasteiger charge is 2.13. The summed E-state index contributed by atoms with van der Waals surface area (Å²) in [5.74, 6) is 1.60. The maximum Gasteiger partial charge on any atom is 0.337 e. The van der Waals surface area contributed by atoms with Crippen molar-refractivity contribution >= 4 is 18.1 Å². The van der Waals surface area contributed by atoms with Crippen molar-refractivity contribution in [2.24, 2.45) is 4.99 Å². The van der Waals surface area contributed by atoms with E-state index in [1.54, 1.807) is 37.3 Å². The third-order valence-corrected chi connectivity index (χ3v) is 3.98. The van der Waals surface area contributed by atoms with Crippen molar-refractivity contribution in [2.45, 2.75) is 13.8 Å². The van der Waals surface area contributed by atoms with Crippen LogP contribution >= 0.6 is 0 Å². The van der Waals surface area contributed by atoms with E-state index in [9.17, 15) is 10.1 Å². The smallest absolute Gasteiger partial charge is 0.337 e. The molecule has 0 aliphatic heterocycles. The zero-order valence-electron chi connectivity index (χ0n) is 14.6. The Morgan fingerprint density at radius 3 is 2.77 bits per heavy atom. The summed E-state index contributed by atoms with van der Waals surface area (Å²) in [5.41, 5.74) is 2.38. The van der Waals surface area contributed by atoms with Gasteiger partial charge in [0.15, 0.2) is 0 Å². The van der Waals surface area contributed by atoms with Crippen LogP contribution < -0.4 is 0 Å². The Bertz CT molecular complexity index is 1030. The van der Waals surface area contributed by atoms with Crippen molar-refractivity contribution in [3.05, 3.63) is 64.6 Å². The van der Waals surface area contributed by atoms with Crippen LogP contribution in [0.5, 0.6) is 0 Å². The number of nitrogens with zero attached hydrogens (tertiary/aromatic N) is 2. The van der Waals surface area contributed by atoms with Crippen molar-refractivity contribution in [3.8, 4) is 17.4 Å². The van der Waals surface area contributed by atoms with E-state index in [0.29, 0.717) is 28.4 Å². The molecule has 0 radical (unpaired) electrons. The third-order valence-electron chi connectivity index (χ3n) is 3.98. The van der Waals surface area contributed by atoms with Crippen LogP contribution in [-0.4, -0.2) is 19.3 Å². The van der Waals surface area contributed by atoms with Gasteiger partial charge in [-0.2, -0.15) is 5.26 Å². The number of aliphatic imine (C=N–C) groups is 1. The van der Waals surface area contributed by atoms with Crippen molar-refractivity contribution in [1.29, 1.82) is 5.26 Å². The molecule has 0 amide bonds. The second kappa shape index (κ2) is 7.11. The summed E-state index contributed by atoms with van der Waals surface area (Å²) in [5, 5.41) is 9.21. The van der Waals surface area contributed by atoms with Gasteiger partial charge in [0.05, 0.1) is 18.9 Å². The number of ether oxygens (including phenoxy) is 1. The Labute approximate surface area is 150 Å². The zero-order valence-corrected chi connectivity index (χ0v) is 14.6. The molecule has 3 rings (SSSR count). The van der Waals surface area contributed by atoms with Gasteiger partial charge in [0.25, 0.3) is 0 Å². The fraction of sp³-hybridized carbons (Fsp3) is 0.150. The first-order valence-electron chi connectivity index (χ1n) is 7.86. The molecule has 0 bridgehead atoms. The van der Waals surface area contributed by atoms with E-state index >= 15 is 0 Å². The minimum Gasteiger partial charge on any atom is -0.465 e. The van der Waals surface area contributed by atoms with Crippen molar-refractivity contribution in [2.75, 3.05) is 7.11 Å². The molecule has 2 aromatic heterocycles. The summed E-state index contributed by atoms with van der Waals surface area (Å²) < 4.78 is 16.0. The molecule has 26 heavy (non-hydrogen) atoms. The molecular formula is C20H16N2O4. The minimum atomic E-state index is -0.409. The highest BCUT2D eigenvalue weighted by Crippen LogP contribution is 2.28.